The molecule has 6 nitrogen and oxygen atoms in total. The highest BCUT2D eigenvalue weighted by molar-refractivity contribution is 14.0. The van der Waals surface area contributed by atoms with Gasteiger partial charge in [0, 0.05) is 32.2 Å². The monoisotopic (exact) mass is 562 g/mol. The molecular formula is C21H31IN4O2S2. The van der Waals surface area contributed by atoms with Gasteiger partial charge in [0.1, 0.15) is 0 Å². The van der Waals surface area contributed by atoms with Gasteiger partial charge in [0.15, 0.2) is 15.8 Å². The number of sulfone groups is 1. The van der Waals surface area contributed by atoms with Crippen molar-refractivity contribution < 1.29 is 8.42 Å². The van der Waals surface area contributed by atoms with E-state index < -0.39 is 9.84 Å². The molecule has 1 aromatic carbocycles. The lowest BCUT2D eigenvalue weighted by molar-refractivity contribution is 0.459. The fourth-order valence-electron chi connectivity index (χ4n) is 3.50. The Morgan fingerprint density at radius 3 is 2.47 bits per heavy atom. The van der Waals surface area contributed by atoms with E-state index in [9.17, 15) is 8.42 Å². The van der Waals surface area contributed by atoms with E-state index in [0.717, 1.165) is 25.9 Å². The summed E-state index contributed by atoms with van der Waals surface area (Å²) in [6.45, 7) is 4.01. The Balaban J connectivity index is 0.00000320. The van der Waals surface area contributed by atoms with Crippen LogP contribution in [-0.2, 0) is 9.84 Å². The van der Waals surface area contributed by atoms with Gasteiger partial charge in [-0.2, -0.15) is 0 Å². The van der Waals surface area contributed by atoms with Gasteiger partial charge in [0.2, 0.25) is 0 Å². The number of nitrogens with zero attached hydrogens (tertiary/aromatic N) is 2. The molecule has 9 heteroatoms. The van der Waals surface area contributed by atoms with E-state index in [1.165, 1.54) is 5.00 Å². The molecule has 2 N–H and O–H groups in total. The second kappa shape index (κ2) is 11.9. The minimum atomic E-state index is -3.34. The predicted molar refractivity (Wildman–Crippen MR) is 137 cm³/mol. The van der Waals surface area contributed by atoms with Crippen LogP contribution in [0.25, 0.3) is 0 Å². The van der Waals surface area contributed by atoms with E-state index in [1.807, 2.05) is 13.0 Å². The third-order valence-electron chi connectivity index (χ3n) is 5.23. The molecule has 0 bridgehead atoms. The number of hydrogen-bond acceptors (Lipinski definition) is 5. The summed E-state index contributed by atoms with van der Waals surface area (Å²) in [6.07, 6.45) is 2.75. The maximum Gasteiger partial charge on any atom is 0.191 e. The smallest absolute Gasteiger partial charge is 0.191 e. The summed E-state index contributed by atoms with van der Waals surface area (Å²) in [5, 5.41) is 10.2. The molecule has 1 saturated heterocycles. The van der Waals surface area contributed by atoms with Crippen LogP contribution in [0.3, 0.4) is 0 Å². The molecular weight excluding hydrogens is 531 g/mol. The fraction of sp³-hybridized carbons (Fsp3) is 0.476. The summed E-state index contributed by atoms with van der Waals surface area (Å²) >= 11 is 1.78. The number of rotatable bonds is 7. The quantitative estimate of drug-likeness (QED) is 0.306. The molecule has 1 aliphatic heterocycles. The van der Waals surface area contributed by atoms with Gasteiger partial charge in [-0.1, -0.05) is 25.1 Å². The predicted octanol–water partition coefficient (Wildman–Crippen LogP) is 3.75. The van der Waals surface area contributed by atoms with Gasteiger partial charge in [-0.05, 0) is 48.9 Å². The van der Waals surface area contributed by atoms with Crippen LogP contribution in [0.15, 0.2) is 57.7 Å². The first kappa shape index (κ1) is 24.9. The number of anilines is 1. The SMILES string of the molecule is CCC(CS(=O)(=O)c1ccccc1)NC(=NC)NC1CCN(c2cccs2)CC1.I. The zero-order chi connectivity index (χ0) is 20.7. The van der Waals surface area contributed by atoms with Crippen molar-refractivity contribution in [1.29, 1.82) is 0 Å². The maximum absolute atomic E-state index is 12.7. The van der Waals surface area contributed by atoms with Crippen LogP contribution in [0.1, 0.15) is 26.2 Å². The summed E-state index contributed by atoms with van der Waals surface area (Å²) in [6, 6.07) is 13.0. The topological polar surface area (TPSA) is 73.8 Å². The molecule has 0 radical (unpaired) electrons. The van der Waals surface area contributed by atoms with Crippen LogP contribution in [0.4, 0.5) is 5.00 Å². The molecule has 1 aromatic heterocycles. The molecule has 3 rings (SSSR count). The normalized spacial score (nSPS) is 16.6. The van der Waals surface area contributed by atoms with Gasteiger partial charge >= 0.3 is 0 Å². The van der Waals surface area contributed by atoms with Gasteiger partial charge in [0.25, 0.3) is 0 Å². The Morgan fingerprint density at radius 2 is 1.90 bits per heavy atom. The van der Waals surface area contributed by atoms with E-state index >= 15 is 0 Å². The van der Waals surface area contributed by atoms with Gasteiger partial charge in [-0.3, -0.25) is 4.99 Å². The Morgan fingerprint density at radius 1 is 1.20 bits per heavy atom. The number of benzene rings is 1. The van der Waals surface area contributed by atoms with Crippen LogP contribution >= 0.6 is 35.3 Å². The second-order valence-electron chi connectivity index (χ2n) is 7.27. The average molecular weight is 563 g/mol. The molecule has 0 saturated carbocycles. The number of piperidine rings is 1. The standard InChI is InChI=1S/C21H30N4O2S2.HI/c1-3-17(16-29(26,27)19-8-5-4-6-9-19)23-21(22-2)24-18-11-13-25(14-12-18)20-10-7-15-28-20;/h4-10,15,17-18H,3,11-14,16H2,1-2H3,(H2,22,23,24);1H. The van der Waals surface area contributed by atoms with Crippen LogP contribution in [0, 0.1) is 0 Å². The first-order valence-electron chi connectivity index (χ1n) is 10.1. The summed E-state index contributed by atoms with van der Waals surface area (Å²) < 4.78 is 25.4. The lowest BCUT2D eigenvalue weighted by Crippen LogP contribution is -2.52. The molecule has 2 heterocycles. The van der Waals surface area contributed by atoms with Crippen LogP contribution in [-0.4, -0.2) is 52.4 Å². The van der Waals surface area contributed by atoms with E-state index in [0.29, 0.717) is 23.3 Å². The first-order valence-corrected chi connectivity index (χ1v) is 12.6. The van der Waals surface area contributed by atoms with E-state index in [2.05, 4.69) is 38.0 Å². The van der Waals surface area contributed by atoms with Crippen molar-refractivity contribution in [3.63, 3.8) is 0 Å². The number of thiophene rings is 1. The third-order valence-corrected chi connectivity index (χ3v) is 7.99. The van der Waals surface area contributed by atoms with Crippen molar-refractivity contribution >= 4 is 56.1 Å². The summed E-state index contributed by atoms with van der Waals surface area (Å²) in [4.78, 5) is 7.11. The van der Waals surface area contributed by atoms with Crippen molar-refractivity contribution in [2.75, 3.05) is 30.8 Å². The van der Waals surface area contributed by atoms with Gasteiger partial charge < -0.3 is 15.5 Å². The molecule has 2 aromatic rings. The Bertz CT molecular complexity index is 881. The average Bonchev–Trinajstić information content (AvgIpc) is 3.28. The number of aliphatic imine (C=N–C) groups is 1. The van der Waals surface area contributed by atoms with Gasteiger partial charge in [-0.15, -0.1) is 35.3 Å². The molecule has 166 valence electrons. The summed E-state index contributed by atoms with van der Waals surface area (Å²) in [5.41, 5.74) is 0. The number of nitrogens with one attached hydrogen (secondary N) is 2. The third kappa shape index (κ3) is 6.84. The molecule has 30 heavy (non-hydrogen) atoms. The van der Waals surface area contributed by atoms with E-state index in [1.54, 1.807) is 42.6 Å². The Hall–Kier alpha value is -1.33. The zero-order valence-corrected chi connectivity index (χ0v) is 21.4. The van der Waals surface area contributed by atoms with Crippen molar-refractivity contribution in [3.05, 3.63) is 47.8 Å². The Kier molecular flexibility index (Phi) is 9.89. The molecule has 1 unspecified atom stereocenters. The highest BCUT2D eigenvalue weighted by atomic mass is 127. The van der Waals surface area contributed by atoms with E-state index in [-0.39, 0.29) is 35.8 Å². The van der Waals surface area contributed by atoms with Crippen molar-refractivity contribution in [3.8, 4) is 0 Å². The van der Waals surface area contributed by atoms with Crippen LogP contribution in [0.5, 0.6) is 0 Å². The lowest BCUT2D eigenvalue weighted by Gasteiger charge is -2.34. The number of hydrogen-bond donors (Lipinski definition) is 2. The molecule has 1 aliphatic rings. The molecule has 0 aliphatic carbocycles. The summed E-state index contributed by atoms with van der Waals surface area (Å²) in [7, 11) is -1.61. The maximum atomic E-state index is 12.7. The molecule has 0 spiro atoms. The number of guanidine groups is 1. The molecule has 0 amide bonds. The van der Waals surface area contributed by atoms with Crippen molar-refractivity contribution in [2.24, 2.45) is 4.99 Å². The first-order chi connectivity index (χ1) is 14.0. The Labute approximate surface area is 201 Å². The minimum Gasteiger partial charge on any atom is -0.363 e. The molecule has 1 fully saturated rings. The van der Waals surface area contributed by atoms with Crippen LogP contribution < -0.4 is 15.5 Å². The summed E-state index contributed by atoms with van der Waals surface area (Å²) in [5.74, 6) is 0.722. The highest BCUT2D eigenvalue weighted by Crippen LogP contribution is 2.24. The lowest BCUT2D eigenvalue weighted by atomic mass is 10.1. The molecule has 1 atom stereocenters. The van der Waals surface area contributed by atoms with Gasteiger partial charge in [0.05, 0.1) is 15.6 Å². The van der Waals surface area contributed by atoms with Crippen LogP contribution in [0.2, 0.25) is 0 Å². The zero-order valence-electron chi connectivity index (χ0n) is 17.5. The fourth-order valence-corrected chi connectivity index (χ4v) is 5.90. The van der Waals surface area contributed by atoms with Crippen molar-refractivity contribution in [2.45, 2.75) is 43.2 Å². The van der Waals surface area contributed by atoms with Gasteiger partial charge in [-0.25, -0.2) is 8.42 Å². The second-order valence-corrected chi connectivity index (χ2v) is 10.2. The largest absolute Gasteiger partial charge is 0.363 e. The van der Waals surface area contributed by atoms with E-state index in [4.69, 9.17) is 0 Å². The number of halogens is 1. The minimum absolute atomic E-state index is 0. The van der Waals surface area contributed by atoms with Crippen molar-refractivity contribution in [1.82, 2.24) is 10.6 Å². The highest BCUT2D eigenvalue weighted by Gasteiger charge is 2.24.